The molecule has 0 aliphatic carbocycles. The zero-order valence-corrected chi connectivity index (χ0v) is 6.08. The third kappa shape index (κ3) is 2.52. The van der Waals surface area contributed by atoms with Crippen LogP contribution in [0.4, 0.5) is 0 Å². The van der Waals surface area contributed by atoms with Crippen LogP contribution < -0.4 is 4.89 Å². The smallest absolute Gasteiger partial charge is 0.139 e. The summed E-state index contributed by atoms with van der Waals surface area (Å²) >= 11 is -1.34. The van der Waals surface area contributed by atoms with E-state index in [0.29, 0.717) is 0 Å². The molecule has 0 heterocycles. The molecule has 0 radical (unpaired) electrons. The van der Waals surface area contributed by atoms with Gasteiger partial charge in [-0.25, -0.2) is 0 Å². The second kappa shape index (κ2) is 2.68. The van der Waals surface area contributed by atoms with Crippen LogP contribution in [0.2, 0.25) is 0 Å². The second-order valence-electron chi connectivity index (χ2n) is 2.47. The average Bonchev–Trinajstić information content (AvgIpc) is 1.62. The van der Waals surface area contributed by atoms with Crippen LogP contribution in [0.25, 0.3) is 0 Å². The summed E-state index contributed by atoms with van der Waals surface area (Å²) in [6.45, 7) is 5.31. The van der Waals surface area contributed by atoms with Crippen LogP contribution in [0.15, 0.2) is 0 Å². The van der Waals surface area contributed by atoms with E-state index in [1.807, 2.05) is 0 Å². The molecule has 0 aromatic carbocycles. The van der Waals surface area contributed by atoms with Crippen molar-refractivity contribution >= 4 is 11.4 Å². The molecule has 0 aromatic heterocycles. The van der Waals surface area contributed by atoms with Gasteiger partial charge in [0.25, 0.3) is 0 Å². The predicted molar refractivity (Wildman–Crippen MR) is 32.8 cm³/mol. The van der Waals surface area contributed by atoms with Gasteiger partial charge in [0.1, 0.15) is 4.75 Å². The van der Waals surface area contributed by atoms with E-state index in [1.54, 1.807) is 25.7 Å². The fourth-order valence-corrected chi connectivity index (χ4v) is 0.411. The molecule has 50 valence electrons. The van der Waals surface area contributed by atoms with Crippen LogP contribution in [-0.2, 0) is 11.4 Å². The molecular weight excluding hydrogens is 126 g/mol. The van der Waals surface area contributed by atoms with Gasteiger partial charge in [-0.05, 0) is 25.7 Å². The standard InChI is InChI=1S/C4H11NO2S/c1-4(2,3)8(7)5-6/h5-6H,1-3H3/t8-/m1/s1. The molecule has 8 heavy (non-hydrogen) atoms. The van der Waals surface area contributed by atoms with E-state index >= 15 is 0 Å². The maximum absolute atomic E-state index is 10.6. The van der Waals surface area contributed by atoms with Gasteiger partial charge in [0.2, 0.25) is 0 Å². The maximum atomic E-state index is 10.6. The number of hydrogen-bond acceptors (Lipinski definition) is 3. The quantitative estimate of drug-likeness (QED) is 0.407. The molecule has 1 atom stereocenters. The van der Waals surface area contributed by atoms with E-state index in [1.165, 1.54) is 0 Å². The Morgan fingerprint density at radius 1 is 1.50 bits per heavy atom. The minimum atomic E-state index is -1.34. The van der Waals surface area contributed by atoms with Crippen molar-refractivity contribution in [2.24, 2.45) is 0 Å². The van der Waals surface area contributed by atoms with Crippen molar-refractivity contribution in [2.75, 3.05) is 0 Å². The Hall–Kier alpha value is 0.230. The van der Waals surface area contributed by atoms with Gasteiger partial charge in [-0.1, -0.05) is 0 Å². The molecule has 0 fully saturated rings. The van der Waals surface area contributed by atoms with Crippen molar-refractivity contribution in [2.45, 2.75) is 25.5 Å². The first-order valence-corrected chi connectivity index (χ1v) is 3.45. The highest BCUT2D eigenvalue weighted by molar-refractivity contribution is 7.90. The zero-order valence-electron chi connectivity index (χ0n) is 5.26. The highest BCUT2D eigenvalue weighted by Crippen LogP contribution is 2.11. The molecule has 0 unspecified atom stereocenters. The molecule has 0 bridgehead atoms. The van der Waals surface area contributed by atoms with Crippen molar-refractivity contribution in [3.63, 3.8) is 0 Å². The number of hydrogen-bond donors (Lipinski definition) is 2. The lowest BCUT2D eigenvalue weighted by Gasteiger charge is -2.20. The van der Waals surface area contributed by atoms with E-state index in [2.05, 4.69) is 0 Å². The fraction of sp³-hybridized carbons (Fsp3) is 1.00. The van der Waals surface area contributed by atoms with Crippen molar-refractivity contribution in [1.29, 1.82) is 0 Å². The molecule has 0 amide bonds. The van der Waals surface area contributed by atoms with Gasteiger partial charge in [0, 0.05) is 0 Å². The summed E-state index contributed by atoms with van der Waals surface area (Å²) in [7, 11) is 0. The van der Waals surface area contributed by atoms with Gasteiger partial charge >= 0.3 is 0 Å². The zero-order chi connectivity index (χ0) is 6.78. The van der Waals surface area contributed by atoms with Crippen molar-refractivity contribution in [3.05, 3.63) is 0 Å². The minimum absolute atomic E-state index is 0.380. The highest BCUT2D eigenvalue weighted by Gasteiger charge is 2.25. The molecule has 0 spiro atoms. The molecule has 0 aliphatic heterocycles. The summed E-state index contributed by atoms with van der Waals surface area (Å²) in [6, 6.07) is 0. The lowest BCUT2D eigenvalue weighted by molar-refractivity contribution is 0.238. The Labute approximate surface area is 52.4 Å². The molecule has 3 nitrogen and oxygen atoms in total. The van der Waals surface area contributed by atoms with Crippen LogP contribution in [-0.4, -0.2) is 14.5 Å². The summed E-state index contributed by atoms with van der Waals surface area (Å²) in [5.41, 5.74) is 0. The number of rotatable bonds is 1. The van der Waals surface area contributed by atoms with Crippen LogP contribution >= 0.6 is 0 Å². The van der Waals surface area contributed by atoms with Crippen molar-refractivity contribution in [3.8, 4) is 0 Å². The summed E-state index contributed by atoms with van der Waals surface area (Å²) in [5.74, 6) is 0. The first kappa shape index (κ1) is 8.23. The molecule has 0 saturated heterocycles. The van der Waals surface area contributed by atoms with E-state index < -0.39 is 11.4 Å². The lowest BCUT2D eigenvalue weighted by atomic mass is 10.3. The van der Waals surface area contributed by atoms with Gasteiger partial charge in [-0.2, -0.15) is 0 Å². The van der Waals surface area contributed by atoms with Crippen LogP contribution in [0.5, 0.6) is 0 Å². The first-order valence-electron chi connectivity index (χ1n) is 2.30. The third-order valence-corrected chi connectivity index (χ3v) is 1.92. The first-order chi connectivity index (χ1) is 3.48. The summed E-state index contributed by atoms with van der Waals surface area (Å²) in [5, 5.41) is 8.12. The molecule has 0 saturated carbocycles. The summed E-state index contributed by atoms with van der Waals surface area (Å²) in [4.78, 5) is 1.68. The fourth-order valence-electron chi connectivity index (χ4n) is 0.137. The number of nitrogens with one attached hydrogen (secondary N) is 1. The third-order valence-electron chi connectivity index (χ3n) is 0.639. The Balaban J connectivity index is 3.62. The monoisotopic (exact) mass is 137 g/mol. The largest absolute Gasteiger partial charge is 0.596 e. The van der Waals surface area contributed by atoms with E-state index in [0.717, 1.165) is 0 Å². The summed E-state index contributed by atoms with van der Waals surface area (Å²) < 4.78 is 10.2. The molecular formula is C4H11NO2S. The van der Waals surface area contributed by atoms with Crippen molar-refractivity contribution in [1.82, 2.24) is 4.89 Å². The van der Waals surface area contributed by atoms with Crippen LogP contribution in [0.3, 0.4) is 0 Å². The normalized spacial score (nSPS) is 16.1. The van der Waals surface area contributed by atoms with Gasteiger partial charge in [0.15, 0.2) is 0 Å². The molecule has 0 aliphatic rings. The topological polar surface area (TPSA) is 55.3 Å². The van der Waals surface area contributed by atoms with Crippen LogP contribution in [0, 0.1) is 0 Å². The van der Waals surface area contributed by atoms with E-state index in [-0.39, 0.29) is 4.75 Å². The van der Waals surface area contributed by atoms with E-state index in [4.69, 9.17) is 5.21 Å². The Kier molecular flexibility index (Phi) is 2.76. The minimum Gasteiger partial charge on any atom is -0.596 e. The average molecular weight is 137 g/mol. The predicted octanol–water partition coefficient (Wildman–Crippen LogP) is 0.427. The Morgan fingerprint density at radius 2 is 1.88 bits per heavy atom. The van der Waals surface area contributed by atoms with E-state index in [9.17, 15) is 4.55 Å². The van der Waals surface area contributed by atoms with Gasteiger partial charge in [0.05, 0.1) is 11.4 Å². The van der Waals surface area contributed by atoms with Crippen LogP contribution in [0.1, 0.15) is 20.8 Å². The SMILES string of the molecule is CC(C)(C)[S@@+]([O-])NO. The van der Waals surface area contributed by atoms with Gasteiger partial charge in [-0.3, -0.25) is 5.21 Å². The lowest BCUT2D eigenvalue weighted by Crippen LogP contribution is -2.37. The molecule has 2 N–H and O–H groups in total. The highest BCUT2D eigenvalue weighted by atomic mass is 32.2. The van der Waals surface area contributed by atoms with Gasteiger partial charge < -0.3 is 4.55 Å². The molecule has 0 rings (SSSR count). The Morgan fingerprint density at radius 3 is 1.88 bits per heavy atom. The maximum Gasteiger partial charge on any atom is 0.139 e. The Bertz CT molecular complexity index is 70.9. The van der Waals surface area contributed by atoms with Gasteiger partial charge in [-0.15, -0.1) is 0 Å². The summed E-state index contributed by atoms with van der Waals surface area (Å²) in [6.07, 6.45) is 0. The molecule has 4 heteroatoms. The second-order valence-corrected chi connectivity index (χ2v) is 4.42. The molecule has 0 aromatic rings. The van der Waals surface area contributed by atoms with Crippen molar-refractivity contribution < 1.29 is 9.76 Å².